The lowest BCUT2D eigenvalue weighted by Crippen LogP contribution is -2.27. The van der Waals surface area contributed by atoms with E-state index in [-0.39, 0.29) is 5.91 Å². The highest BCUT2D eigenvalue weighted by Gasteiger charge is 2.29. The van der Waals surface area contributed by atoms with E-state index in [4.69, 9.17) is 16.6 Å². The molecular formula is C7H5NO2S2. The molecule has 2 heterocycles. The van der Waals surface area contributed by atoms with E-state index in [1.54, 1.807) is 12.1 Å². The van der Waals surface area contributed by atoms with E-state index in [0.717, 1.165) is 0 Å². The molecule has 0 saturated carbocycles. The molecule has 0 aromatic carbocycles. The van der Waals surface area contributed by atoms with Crippen molar-refractivity contribution in [2.75, 3.05) is 10.7 Å². The van der Waals surface area contributed by atoms with Gasteiger partial charge in [0.2, 0.25) is 11.8 Å². The van der Waals surface area contributed by atoms with E-state index < -0.39 is 0 Å². The number of thiocarbonyl (C=S) groups is 1. The van der Waals surface area contributed by atoms with E-state index in [0.29, 0.717) is 16.0 Å². The van der Waals surface area contributed by atoms with Crippen LogP contribution in [0.5, 0.6) is 0 Å². The van der Waals surface area contributed by atoms with E-state index in [1.807, 2.05) is 0 Å². The van der Waals surface area contributed by atoms with Crippen molar-refractivity contribution in [1.82, 2.24) is 0 Å². The van der Waals surface area contributed by atoms with Gasteiger partial charge in [0, 0.05) is 6.07 Å². The van der Waals surface area contributed by atoms with Gasteiger partial charge in [-0.15, -0.1) is 0 Å². The number of nitrogens with zero attached hydrogens (tertiary/aromatic N) is 1. The van der Waals surface area contributed by atoms with Gasteiger partial charge in [0.25, 0.3) is 0 Å². The zero-order valence-electron chi connectivity index (χ0n) is 6.02. The van der Waals surface area contributed by atoms with Crippen molar-refractivity contribution in [3.63, 3.8) is 0 Å². The van der Waals surface area contributed by atoms with Crippen LogP contribution in [-0.2, 0) is 4.79 Å². The summed E-state index contributed by atoms with van der Waals surface area (Å²) in [7, 11) is 0. The molecule has 12 heavy (non-hydrogen) atoms. The van der Waals surface area contributed by atoms with Crippen LogP contribution in [0.1, 0.15) is 0 Å². The molecule has 3 nitrogen and oxygen atoms in total. The van der Waals surface area contributed by atoms with Gasteiger partial charge in [-0.1, -0.05) is 24.0 Å². The maximum Gasteiger partial charge on any atom is 0.245 e. The minimum Gasteiger partial charge on any atom is -0.448 e. The van der Waals surface area contributed by atoms with Crippen molar-refractivity contribution in [2.24, 2.45) is 0 Å². The highest BCUT2D eigenvalue weighted by molar-refractivity contribution is 8.24. The highest BCUT2D eigenvalue weighted by Crippen LogP contribution is 2.26. The topological polar surface area (TPSA) is 33.5 Å². The molecule has 5 heteroatoms. The Morgan fingerprint density at radius 1 is 1.67 bits per heavy atom. The second kappa shape index (κ2) is 2.91. The van der Waals surface area contributed by atoms with Crippen molar-refractivity contribution in [3.05, 3.63) is 18.4 Å². The molecule has 0 atom stereocenters. The number of carbonyl (C=O) groups is 1. The fourth-order valence-corrected chi connectivity index (χ4v) is 2.03. The molecule has 1 fully saturated rings. The molecule has 1 aromatic heterocycles. The smallest absolute Gasteiger partial charge is 0.245 e. The molecular weight excluding hydrogens is 194 g/mol. The lowest BCUT2D eigenvalue weighted by Gasteiger charge is -2.09. The summed E-state index contributed by atoms with van der Waals surface area (Å²) in [5.74, 6) is 0.912. The van der Waals surface area contributed by atoms with Crippen LogP contribution in [0, 0.1) is 0 Å². The maximum atomic E-state index is 11.2. The van der Waals surface area contributed by atoms with E-state index in [2.05, 4.69) is 0 Å². The first-order valence-electron chi connectivity index (χ1n) is 3.32. The Bertz CT molecular complexity index is 304. The summed E-state index contributed by atoms with van der Waals surface area (Å²) >= 11 is 6.33. The van der Waals surface area contributed by atoms with Gasteiger partial charge >= 0.3 is 0 Å². The Balaban J connectivity index is 2.34. The average Bonchev–Trinajstić information content (AvgIpc) is 2.61. The second-order valence-corrected chi connectivity index (χ2v) is 3.84. The monoisotopic (exact) mass is 199 g/mol. The fourth-order valence-electron chi connectivity index (χ4n) is 0.964. The predicted octanol–water partition coefficient (Wildman–Crippen LogP) is 1.64. The molecule has 0 bridgehead atoms. The standard InChI is InChI=1S/C7H5NO2S2/c9-5-4-12-7(11)8(5)6-2-1-3-10-6/h1-3H,4H2. The van der Waals surface area contributed by atoms with Gasteiger partial charge in [-0.3, -0.25) is 4.79 Å². The zero-order valence-corrected chi connectivity index (χ0v) is 7.65. The Hall–Kier alpha value is -0.810. The van der Waals surface area contributed by atoms with Gasteiger partial charge in [0.1, 0.15) is 0 Å². The van der Waals surface area contributed by atoms with Crippen LogP contribution in [0.2, 0.25) is 0 Å². The van der Waals surface area contributed by atoms with Crippen molar-refractivity contribution in [1.29, 1.82) is 0 Å². The molecule has 0 aliphatic carbocycles. The first-order chi connectivity index (χ1) is 5.79. The molecule has 0 unspecified atom stereocenters. The number of anilines is 1. The minimum absolute atomic E-state index is 0.0139. The number of carbonyl (C=O) groups excluding carboxylic acids is 1. The van der Waals surface area contributed by atoms with E-state index in [9.17, 15) is 4.79 Å². The fraction of sp³-hybridized carbons (Fsp3) is 0.143. The molecule has 62 valence electrons. The molecule has 1 aromatic rings. The lowest BCUT2D eigenvalue weighted by atomic mass is 10.5. The van der Waals surface area contributed by atoms with Crippen molar-refractivity contribution < 1.29 is 9.21 Å². The Kier molecular flexibility index (Phi) is 1.90. The Labute approximate surface area is 78.7 Å². The minimum atomic E-state index is -0.0139. The molecule has 1 aliphatic heterocycles. The summed E-state index contributed by atoms with van der Waals surface area (Å²) in [6.07, 6.45) is 1.52. The molecule has 0 radical (unpaired) electrons. The Morgan fingerprint density at radius 2 is 2.50 bits per heavy atom. The van der Waals surface area contributed by atoms with Gasteiger partial charge < -0.3 is 4.42 Å². The number of furan rings is 1. The Morgan fingerprint density at radius 3 is 3.00 bits per heavy atom. The van der Waals surface area contributed by atoms with Crippen molar-refractivity contribution in [3.8, 4) is 0 Å². The average molecular weight is 199 g/mol. The third kappa shape index (κ3) is 1.15. The lowest BCUT2D eigenvalue weighted by molar-refractivity contribution is -0.115. The maximum absolute atomic E-state index is 11.2. The van der Waals surface area contributed by atoms with Gasteiger partial charge in [-0.25, -0.2) is 4.90 Å². The number of amides is 1. The first-order valence-corrected chi connectivity index (χ1v) is 4.71. The van der Waals surface area contributed by atoms with Crippen molar-refractivity contribution in [2.45, 2.75) is 0 Å². The summed E-state index contributed by atoms with van der Waals surface area (Å²) in [6.45, 7) is 0. The third-order valence-corrected chi connectivity index (χ3v) is 2.83. The first kappa shape index (κ1) is 7.82. The van der Waals surface area contributed by atoms with Gasteiger partial charge in [-0.2, -0.15) is 0 Å². The molecule has 2 rings (SSSR count). The van der Waals surface area contributed by atoms with Crippen LogP contribution in [0.4, 0.5) is 5.88 Å². The van der Waals surface area contributed by atoms with Crippen LogP contribution in [0.3, 0.4) is 0 Å². The third-order valence-electron chi connectivity index (χ3n) is 1.48. The quantitative estimate of drug-likeness (QED) is 0.644. The van der Waals surface area contributed by atoms with Gasteiger partial charge in [-0.05, 0) is 6.07 Å². The van der Waals surface area contributed by atoms with E-state index in [1.165, 1.54) is 22.9 Å². The van der Waals surface area contributed by atoms with Crippen LogP contribution >= 0.6 is 24.0 Å². The zero-order chi connectivity index (χ0) is 8.55. The summed E-state index contributed by atoms with van der Waals surface area (Å²) in [4.78, 5) is 12.7. The van der Waals surface area contributed by atoms with Gasteiger partial charge in [0.15, 0.2) is 4.32 Å². The molecule has 0 spiro atoms. The normalized spacial score (nSPS) is 17.5. The van der Waals surface area contributed by atoms with Crippen molar-refractivity contribution >= 4 is 40.1 Å². The number of rotatable bonds is 1. The van der Waals surface area contributed by atoms with Crippen LogP contribution in [0.25, 0.3) is 0 Å². The van der Waals surface area contributed by atoms with E-state index >= 15 is 0 Å². The largest absolute Gasteiger partial charge is 0.448 e. The molecule has 1 amide bonds. The summed E-state index contributed by atoms with van der Waals surface area (Å²) in [6, 6.07) is 3.45. The number of thioether (sulfide) groups is 1. The van der Waals surface area contributed by atoms with Crippen LogP contribution in [-0.4, -0.2) is 16.0 Å². The molecule has 0 N–H and O–H groups in total. The van der Waals surface area contributed by atoms with Gasteiger partial charge in [0.05, 0.1) is 12.0 Å². The summed E-state index contributed by atoms with van der Waals surface area (Å²) in [5.41, 5.74) is 0. The summed E-state index contributed by atoms with van der Waals surface area (Å²) in [5, 5.41) is 0. The van der Waals surface area contributed by atoms with Crippen LogP contribution in [0.15, 0.2) is 22.8 Å². The predicted molar refractivity (Wildman–Crippen MR) is 51.3 cm³/mol. The second-order valence-electron chi connectivity index (χ2n) is 2.24. The SMILES string of the molecule is O=C1CSC(=S)N1c1ccco1. The molecule has 1 aliphatic rings. The summed E-state index contributed by atoms with van der Waals surface area (Å²) < 4.78 is 5.63. The van der Waals surface area contributed by atoms with Crippen LogP contribution < -0.4 is 4.90 Å². The highest BCUT2D eigenvalue weighted by atomic mass is 32.2. The number of hydrogen-bond acceptors (Lipinski definition) is 4. The number of hydrogen-bond donors (Lipinski definition) is 0. The molecule has 1 saturated heterocycles.